The largest absolute Gasteiger partial charge is 0.498 e. The van der Waals surface area contributed by atoms with E-state index < -0.39 is 17.7 Å². The van der Waals surface area contributed by atoms with Gasteiger partial charge in [-0.2, -0.15) is 12.6 Å². The zero-order chi connectivity index (χ0) is 43.6. The van der Waals surface area contributed by atoms with Crippen molar-refractivity contribution in [2.75, 3.05) is 46.8 Å². The maximum atomic E-state index is 13.2. The molecule has 12 heteroatoms. The van der Waals surface area contributed by atoms with Gasteiger partial charge >= 0.3 is 12.1 Å². The maximum absolute atomic E-state index is 13.2. The number of nitrogens with one attached hydrogen (secondary N) is 1. The van der Waals surface area contributed by atoms with E-state index in [0.717, 1.165) is 39.1 Å². The van der Waals surface area contributed by atoms with Crippen LogP contribution < -0.4 is 14.8 Å². The van der Waals surface area contributed by atoms with Gasteiger partial charge < -0.3 is 29.0 Å². The molecule has 4 rings (SSSR count). The van der Waals surface area contributed by atoms with Crippen molar-refractivity contribution in [1.29, 1.82) is 0 Å². The summed E-state index contributed by atoms with van der Waals surface area (Å²) in [4.78, 5) is 37.0. The van der Waals surface area contributed by atoms with Crippen LogP contribution in [0.4, 0.5) is 4.79 Å². The van der Waals surface area contributed by atoms with Gasteiger partial charge in [0.15, 0.2) is 18.8 Å². The number of nitrogens with zero attached hydrogens (tertiary/aromatic N) is 2. The zero-order valence-corrected chi connectivity index (χ0v) is 38.3. The molecule has 1 N–H and O–H groups in total. The van der Waals surface area contributed by atoms with Crippen molar-refractivity contribution in [3.63, 3.8) is 0 Å². The van der Waals surface area contributed by atoms with Crippen LogP contribution in [0.1, 0.15) is 123 Å². The van der Waals surface area contributed by atoms with Crippen molar-refractivity contribution in [1.82, 2.24) is 9.88 Å². The number of esters is 1. The predicted octanol–water partition coefficient (Wildman–Crippen LogP) is 10.0. The summed E-state index contributed by atoms with van der Waals surface area (Å²) in [5, 5.41) is 3.60. The van der Waals surface area contributed by atoms with Crippen LogP contribution >= 0.6 is 12.6 Å². The summed E-state index contributed by atoms with van der Waals surface area (Å²) in [6.07, 6.45) is 5.50. The van der Waals surface area contributed by atoms with Gasteiger partial charge in [0.05, 0.1) is 56.0 Å². The number of hydrogen-bond donors (Lipinski definition) is 2. The number of fused-ring (bicyclic) bond motifs is 1. The molecule has 2 heterocycles. The number of benzene rings is 2. The highest BCUT2D eigenvalue weighted by Crippen LogP contribution is 2.34. The van der Waals surface area contributed by atoms with E-state index in [2.05, 4.69) is 28.6 Å². The first kappa shape index (κ1) is 53.7. The molecule has 0 atom stereocenters. The van der Waals surface area contributed by atoms with Crippen LogP contribution in [-0.2, 0) is 25.5 Å². The maximum Gasteiger partial charge on any atom is 0.419 e. The van der Waals surface area contributed by atoms with Crippen molar-refractivity contribution in [3.8, 4) is 11.5 Å². The quantitative estimate of drug-likeness (QED) is 0.0852. The van der Waals surface area contributed by atoms with E-state index in [4.69, 9.17) is 23.7 Å². The zero-order valence-electron chi connectivity index (χ0n) is 37.4. The van der Waals surface area contributed by atoms with Crippen molar-refractivity contribution in [3.05, 3.63) is 70.6 Å². The second-order valence-corrected chi connectivity index (χ2v) is 11.9. The summed E-state index contributed by atoms with van der Waals surface area (Å²) < 4.78 is 32.4. The number of aryl methyl sites for hydroxylation is 1. The highest BCUT2D eigenvalue weighted by molar-refractivity contribution is 7.79. The Morgan fingerprint density at radius 2 is 1.54 bits per heavy atom. The highest BCUT2D eigenvalue weighted by atomic mass is 32.1. The number of rotatable bonds is 11. The van der Waals surface area contributed by atoms with Crippen LogP contribution in [0.3, 0.4) is 0 Å². The number of carbonyl (C=O) groups is 3. The summed E-state index contributed by atoms with van der Waals surface area (Å²) in [5.41, 5.74) is 3.91. The topological polar surface area (TPSA) is 117 Å². The van der Waals surface area contributed by atoms with E-state index in [1.165, 1.54) is 14.0 Å². The Bertz CT molecular complexity index is 1700. The Hall–Kier alpha value is -4.45. The van der Waals surface area contributed by atoms with Crippen LogP contribution in [0.15, 0.2) is 48.4 Å². The van der Waals surface area contributed by atoms with Gasteiger partial charge in [0, 0.05) is 24.6 Å². The molecule has 0 saturated carbocycles. The van der Waals surface area contributed by atoms with E-state index in [-0.39, 0.29) is 12.5 Å². The summed E-state index contributed by atoms with van der Waals surface area (Å²) in [5.74, 6) is 1.35. The average molecular weight is 803 g/mol. The fraction of sp³-hybridized carbons (Fsp3) is 0.545. The van der Waals surface area contributed by atoms with Crippen molar-refractivity contribution >= 4 is 47.2 Å². The first-order valence-electron chi connectivity index (χ1n) is 19.7. The van der Waals surface area contributed by atoms with Gasteiger partial charge in [0.2, 0.25) is 5.91 Å². The van der Waals surface area contributed by atoms with Gasteiger partial charge in [-0.3, -0.25) is 9.36 Å². The summed E-state index contributed by atoms with van der Waals surface area (Å²) in [7, 11) is 2.96. The number of hydrogen-bond acceptors (Lipinski definition) is 9. The number of carbonyl (C=O) groups excluding carboxylic acids is 3. The highest BCUT2D eigenvalue weighted by Gasteiger charge is 2.30. The van der Waals surface area contributed by atoms with Crippen LogP contribution in [0, 0.1) is 6.92 Å². The third-order valence-electron chi connectivity index (χ3n) is 7.43. The number of aromatic nitrogens is 1. The Balaban J connectivity index is 0. The van der Waals surface area contributed by atoms with E-state index in [0.29, 0.717) is 49.7 Å². The molecule has 0 spiro atoms. The van der Waals surface area contributed by atoms with E-state index in [9.17, 15) is 14.4 Å². The van der Waals surface area contributed by atoms with Gasteiger partial charge in [0.25, 0.3) is 0 Å². The van der Waals surface area contributed by atoms with E-state index in [1.807, 2.05) is 108 Å². The molecule has 0 fully saturated rings. The monoisotopic (exact) mass is 803 g/mol. The SMILES string of the molecule is CC.CC.CC.CC.CCOC1=CC[N+](Cc2c(OC)cc(C)c3c2ccn3C(=O)OC(C)(C)C)=C(c2ccc(C(=O)OC)cc2OCCNC(C)=O)C1.CS. The van der Waals surface area contributed by atoms with Gasteiger partial charge in [0.1, 0.15) is 29.5 Å². The minimum atomic E-state index is -0.648. The lowest BCUT2D eigenvalue weighted by Gasteiger charge is -2.21. The fourth-order valence-electron chi connectivity index (χ4n) is 5.47. The molecule has 1 amide bonds. The van der Waals surface area contributed by atoms with Crippen LogP contribution in [0.2, 0.25) is 0 Å². The molecular weight excluding hydrogens is 731 g/mol. The molecule has 0 radical (unpaired) electrons. The molecule has 1 aliphatic rings. The molecule has 316 valence electrons. The minimum absolute atomic E-state index is 0.162. The van der Waals surface area contributed by atoms with Crippen molar-refractivity contribution in [2.24, 2.45) is 0 Å². The van der Waals surface area contributed by atoms with Crippen LogP contribution in [0.25, 0.3) is 10.9 Å². The van der Waals surface area contributed by atoms with E-state index >= 15 is 0 Å². The van der Waals surface area contributed by atoms with Gasteiger partial charge in [-0.15, -0.1) is 0 Å². The Morgan fingerprint density at radius 1 is 0.911 bits per heavy atom. The second kappa shape index (κ2) is 28.9. The molecule has 0 bridgehead atoms. The molecule has 0 aliphatic carbocycles. The summed E-state index contributed by atoms with van der Waals surface area (Å²) in [6, 6.07) is 9.06. The molecule has 1 aliphatic heterocycles. The molecule has 0 saturated heterocycles. The van der Waals surface area contributed by atoms with Gasteiger partial charge in [-0.25, -0.2) is 14.2 Å². The number of ether oxygens (including phenoxy) is 5. The normalized spacial score (nSPS) is 11.4. The molecular formula is C44H72N3O8S+. The molecule has 11 nitrogen and oxygen atoms in total. The molecule has 1 aromatic heterocycles. The van der Waals surface area contributed by atoms with Crippen LogP contribution in [-0.4, -0.2) is 85.2 Å². The Morgan fingerprint density at radius 3 is 2.07 bits per heavy atom. The number of methoxy groups -OCH3 is 2. The minimum Gasteiger partial charge on any atom is -0.498 e. The average Bonchev–Trinajstić information content (AvgIpc) is 3.67. The molecule has 3 aromatic rings. The number of allylic oxidation sites excluding steroid dienone is 1. The second-order valence-electron chi connectivity index (χ2n) is 11.9. The third-order valence-corrected chi connectivity index (χ3v) is 7.43. The molecule has 0 unspecified atom stereocenters. The van der Waals surface area contributed by atoms with Gasteiger partial charge in [-0.1, -0.05) is 55.4 Å². The fourth-order valence-corrected chi connectivity index (χ4v) is 5.47. The lowest BCUT2D eigenvalue weighted by Crippen LogP contribution is -2.29. The van der Waals surface area contributed by atoms with E-state index in [1.54, 1.807) is 36.3 Å². The van der Waals surface area contributed by atoms with Crippen molar-refractivity contribution < 1.29 is 42.6 Å². The Labute approximate surface area is 343 Å². The lowest BCUT2D eigenvalue weighted by molar-refractivity contribution is -0.536. The van der Waals surface area contributed by atoms with Crippen LogP contribution in [0.5, 0.6) is 11.5 Å². The molecule has 2 aromatic carbocycles. The number of amides is 1. The third kappa shape index (κ3) is 16.0. The molecule has 56 heavy (non-hydrogen) atoms. The first-order chi connectivity index (χ1) is 26.9. The van der Waals surface area contributed by atoms with Gasteiger partial charge in [-0.05, 0) is 76.8 Å². The lowest BCUT2D eigenvalue weighted by atomic mass is 9.99. The summed E-state index contributed by atoms with van der Waals surface area (Å²) in [6.45, 7) is 28.8. The summed E-state index contributed by atoms with van der Waals surface area (Å²) >= 11 is 3.53. The van der Waals surface area contributed by atoms with Crippen molar-refractivity contribution in [2.45, 2.75) is 115 Å². The predicted molar refractivity (Wildman–Crippen MR) is 234 cm³/mol. The standard InChI is InChI=1S/C35H43N3O8.4C2H6.CH4S/c1-9-44-25-12-15-37(29(20-25)27-11-10-24(33(40)43-8)19-31(27)45-17-14-36-23(3)39)21-28-26-13-16-38(34(41)46-35(4,5)6)32(26)22(2)18-30(28)42-7;5*1-2/h10-13,16,18-19H,9,14-15,17,20-21H2,1-8H3;4*1-2H3;2H,1H3/p+1. The number of thiol groups is 1. The Kier molecular flexibility index (Phi) is 27.7. The smallest absolute Gasteiger partial charge is 0.419 e. The first-order valence-corrected chi connectivity index (χ1v) is 20.6.